The Bertz CT molecular complexity index is 478. The van der Waals surface area contributed by atoms with Crippen LogP contribution in [0.5, 0.6) is 5.75 Å². The molecule has 0 spiro atoms. The highest BCUT2D eigenvalue weighted by Crippen LogP contribution is 2.12. The van der Waals surface area contributed by atoms with Gasteiger partial charge in [-0.1, -0.05) is 42.5 Å². The van der Waals surface area contributed by atoms with Gasteiger partial charge in [0.2, 0.25) is 0 Å². The van der Waals surface area contributed by atoms with Gasteiger partial charge in [-0.2, -0.15) is 0 Å². The highest BCUT2D eigenvalue weighted by atomic mass is 16.5. The van der Waals surface area contributed by atoms with E-state index in [1.807, 2.05) is 12.1 Å². The van der Waals surface area contributed by atoms with Crippen molar-refractivity contribution in [2.75, 3.05) is 20.7 Å². The van der Waals surface area contributed by atoms with Gasteiger partial charge in [0.25, 0.3) is 0 Å². The second kappa shape index (κ2) is 6.95. The first-order chi connectivity index (χ1) is 9.28. The molecule has 0 radical (unpaired) electrons. The molecule has 0 aliphatic carbocycles. The maximum absolute atomic E-state index is 5.17. The van der Waals surface area contributed by atoms with Crippen LogP contribution < -0.4 is 4.74 Å². The maximum atomic E-state index is 5.17. The highest BCUT2D eigenvalue weighted by molar-refractivity contribution is 5.27. The van der Waals surface area contributed by atoms with Crippen LogP contribution in [0.3, 0.4) is 0 Å². The predicted octanol–water partition coefficient (Wildman–Crippen LogP) is 3.37. The van der Waals surface area contributed by atoms with Crippen molar-refractivity contribution in [3.8, 4) is 5.75 Å². The molecule has 0 aliphatic heterocycles. The lowest BCUT2D eigenvalue weighted by atomic mass is 10.1. The Balaban J connectivity index is 1.82. The first-order valence-corrected chi connectivity index (χ1v) is 6.63. The monoisotopic (exact) mass is 255 g/mol. The van der Waals surface area contributed by atoms with E-state index < -0.39 is 0 Å². The summed E-state index contributed by atoms with van der Waals surface area (Å²) in [6.07, 6.45) is 1.09. The molecule has 0 aromatic heterocycles. The Hall–Kier alpha value is -1.80. The lowest BCUT2D eigenvalue weighted by molar-refractivity contribution is 0.331. The zero-order chi connectivity index (χ0) is 13.5. The van der Waals surface area contributed by atoms with Gasteiger partial charge in [0, 0.05) is 13.1 Å². The second-order valence-corrected chi connectivity index (χ2v) is 4.82. The van der Waals surface area contributed by atoms with Gasteiger partial charge in [0.15, 0.2) is 0 Å². The van der Waals surface area contributed by atoms with E-state index in [-0.39, 0.29) is 0 Å². The van der Waals surface area contributed by atoms with E-state index in [2.05, 4.69) is 54.4 Å². The van der Waals surface area contributed by atoms with Gasteiger partial charge in [-0.05, 0) is 36.7 Å². The van der Waals surface area contributed by atoms with Crippen molar-refractivity contribution >= 4 is 0 Å². The lowest BCUT2D eigenvalue weighted by Gasteiger charge is -2.16. The third-order valence-electron chi connectivity index (χ3n) is 3.24. The minimum absolute atomic E-state index is 0.913. The molecule has 0 saturated heterocycles. The number of hydrogen-bond donors (Lipinski definition) is 0. The van der Waals surface area contributed by atoms with E-state index in [1.54, 1.807) is 7.11 Å². The molecule has 0 unspecified atom stereocenters. The van der Waals surface area contributed by atoms with Crippen molar-refractivity contribution < 1.29 is 4.74 Å². The minimum atomic E-state index is 0.913. The largest absolute Gasteiger partial charge is 0.497 e. The number of likely N-dealkylation sites (N-methyl/N-ethyl adjacent to an activating group) is 1. The molecule has 0 heterocycles. The molecule has 0 atom stereocenters. The summed E-state index contributed by atoms with van der Waals surface area (Å²) in [6, 6.07) is 18.9. The second-order valence-electron chi connectivity index (χ2n) is 4.82. The molecule has 2 aromatic rings. The summed E-state index contributed by atoms with van der Waals surface area (Å²) in [7, 11) is 3.86. The summed E-state index contributed by atoms with van der Waals surface area (Å²) < 4.78 is 5.17. The van der Waals surface area contributed by atoms with Crippen LogP contribution in [-0.4, -0.2) is 25.6 Å². The molecule has 0 saturated carbocycles. The van der Waals surface area contributed by atoms with E-state index in [9.17, 15) is 0 Å². The topological polar surface area (TPSA) is 12.5 Å². The highest BCUT2D eigenvalue weighted by Gasteiger charge is 2.01. The lowest BCUT2D eigenvalue weighted by Crippen LogP contribution is -2.20. The van der Waals surface area contributed by atoms with E-state index in [0.29, 0.717) is 0 Å². The number of rotatable bonds is 6. The van der Waals surface area contributed by atoms with E-state index in [0.717, 1.165) is 25.3 Å². The Labute approximate surface area is 115 Å². The standard InChI is InChI=1S/C17H21NO/c1-18(13-12-15-6-4-3-5-7-15)14-16-8-10-17(19-2)11-9-16/h3-11H,12-14H2,1-2H3. The number of ether oxygens (including phenoxy) is 1. The Morgan fingerprint density at radius 2 is 1.58 bits per heavy atom. The van der Waals surface area contributed by atoms with Gasteiger partial charge in [-0.15, -0.1) is 0 Å². The van der Waals surface area contributed by atoms with E-state index in [1.165, 1.54) is 11.1 Å². The molecule has 2 nitrogen and oxygen atoms in total. The van der Waals surface area contributed by atoms with Gasteiger partial charge < -0.3 is 9.64 Å². The number of methoxy groups -OCH3 is 1. The van der Waals surface area contributed by atoms with Crippen LogP contribution in [0.1, 0.15) is 11.1 Å². The van der Waals surface area contributed by atoms with Crippen molar-refractivity contribution in [3.05, 3.63) is 65.7 Å². The summed E-state index contributed by atoms with van der Waals surface area (Å²) in [6.45, 7) is 2.03. The van der Waals surface area contributed by atoms with Crippen LogP contribution in [0.25, 0.3) is 0 Å². The predicted molar refractivity (Wildman–Crippen MR) is 79.5 cm³/mol. The third kappa shape index (κ3) is 4.42. The normalized spacial score (nSPS) is 10.7. The molecule has 2 heteroatoms. The van der Waals surface area contributed by atoms with Crippen LogP contribution in [0, 0.1) is 0 Å². The summed E-state index contributed by atoms with van der Waals surface area (Å²) >= 11 is 0. The van der Waals surface area contributed by atoms with Crippen molar-refractivity contribution in [2.24, 2.45) is 0 Å². The number of hydrogen-bond acceptors (Lipinski definition) is 2. The average molecular weight is 255 g/mol. The van der Waals surface area contributed by atoms with Crippen LogP contribution >= 0.6 is 0 Å². The molecular weight excluding hydrogens is 234 g/mol. The molecule has 0 aliphatic rings. The molecule has 100 valence electrons. The number of nitrogens with zero attached hydrogens (tertiary/aromatic N) is 1. The Kier molecular flexibility index (Phi) is 4.99. The van der Waals surface area contributed by atoms with Crippen molar-refractivity contribution in [1.82, 2.24) is 4.90 Å². The molecule has 0 amide bonds. The fraction of sp³-hybridized carbons (Fsp3) is 0.294. The van der Waals surface area contributed by atoms with Gasteiger partial charge >= 0.3 is 0 Å². The fourth-order valence-corrected chi connectivity index (χ4v) is 2.09. The first kappa shape index (κ1) is 13.6. The smallest absolute Gasteiger partial charge is 0.118 e. The van der Waals surface area contributed by atoms with Crippen LogP contribution in [0.2, 0.25) is 0 Å². The van der Waals surface area contributed by atoms with Gasteiger partial charge in [0.05, 0.1) is 7.11 Å². The third-order valence-corrected chi connectivity index (χ3v) is 3.24. The Morgan fingerprint density at radius 3 is 2.21 bits per heavy atom. The van der Waals surface area contributed by atoms with Gasteiger partial charge in [0.1, 0.15) is 5.75 Å². The Morgan fingerprint density at radius 1 is 0.895 bits per heavy atom. The van der Waals surface area contributed by atoms with Crippen LogP contribution in [0.4, 0.5) is 0 Å². The summed E-state index contributed by atoms with van der Waals surface area (Å²) in [5, 5.41) is 0. The maximum Gasteiger partial charge on any atom is 0.118 e. The van der Waals surface area contributed by atoms with Crippen LogP contribution in [0.15, 0.2) is 54.6 Å². The summed E-state index contributed by atoms with van der Waals surface area (Å²) in [5.74, 6) is 0.913. The zero-order valence-electron chi connectivity index (χ0n) is 11.7. The molecule has 0 fully saturated rings. The van der Waals surface area contributed by atoms with E-state index >= 15 is 0 Å². The quantitative estimate of drug-likeness (QED) is 0.784. The molecule has 2 rings (SSSR count). The average Bonchev–Trinajstić information content (AvgIpc) is 2.47. The summed E-state index contributed by atoms with van der Waals surface area (Å²) in [4.78, 5) is 2.34. The SMILES string of the molecule is COc1ccc(CN(C)CCc2ccccc2)cc1. The molecule has 0 N–H and O–H groups in total. The van der Waals surface area contributed by atoms with E-state index in [4.69, 9.17) is 4.74 Å². The number of benzene rings is 2. The molecule has 19 heavy (non-hydrogen) atoms. The molecule has 2 aromatic carbocycles. The van der Waals surface area contributed by atoms with Crippen molar-refractivity contribution in [3.63, 3.8) is 0 Å². The molecular formula is C17H21NO. The van der Waals surface area contributed by atoms with Gasteiger partial charge in [-0.25, -0.2) is 0 Å². The minimum Gasteiger partial charge on any atom is -0.497 e. The molecule has 0 bridgehead atoms. The van der Waals surface area contributed by atoms with Crippen LogP contribution in [-0.2, 0) is 13.0 Å². The van der Waals surface area contributed by atoms with Crippen molar-refractivity contribution in [2.45, 2.75) is 13.0 Å². The fourth-order valence-electron chi connectivity index (χ4n) is 2.09. The van der Waals surface area contributed by atoms with Crippen molar-refractivity contribution in [1.29, 1.82) is 0 Å². The first-order valence-electron chi connectivity index (χ1n) is 6.63. The summed E-state index contributed by atoms with van der Waals surface area (Å²) in [5.41, 5.74) is 2.71. The van der Waals surface area contributed by atoms with Gasteiger partial charge in [-0.3, -0.25) is 0 Å². The zero-order valence-corrected chi connectivity index (χ0v) is 11.7.